The third-order valence-corrected chi connectivity index (χ3v) is 7.46. The van der Waals surface area contributed by atoms with Crippen LogP contribution in [0.2, 0.25) is 0 Å². The third kappa shape index (κ3) is 4.00. The standard InChI is InChI=1S/C32H39N2/c1-8-33-27-20-12-10-18-25(27)31(4,5)29(33)22-14-16-24(3)17-15-23-30-32(6,7)26-19-11-13-21-28(26)34(30)9-2/h10-23H,8-9H2,1-7H3/q+1. The lowest BCUT2D eigenvalue weighted by Gasteiger charge is -2.25. The minimum atomic E-state index is 0.0117. The first-order valence-corrected chi connectivity index (χ1v) is 12.6. The smallest absolute Gasteiger partial charge is 0.209 e. The highest BCUT2D eigenvalue weighted by Gasteiger charge is 2.43. The van der Waals surface area contributed by atoms with Crippen molar-refractivity contribution in [3.05, 3.63) is 107 Å². The Balaban J connectivity index is 1.54. The molecule has 2 aromatic rings. The Morgan fingerprint density at radius 3 is 2.26 bits per heavy atom. The van der Waals surface area contributed by atoms with Crippen LogP contribution in [0.4, 0.5) is 11.4 Å². The summed E-state index contributed by atoms with van der Waals surface area (Å²) in [6.45, 7) is 17.9. The fraction of sp³-hybridized carbons (Fsp3) is 0.344. The van der Waals surface area contributed by atoms with Gasteiger partial charge in [-0.2, -0.15) is 4.58 Å². The van der Waals surface area contributed by atoms with Gasteiger partial charge in [-0.1, -0.05) is 80.1 Å². The van der Waals surface area contributed by atoms with Crippen molar-refractivity contribution in [1.82, 2.24) is 0 Å². The topological polar surface area (TPSA) is 6.25 Å². The molecule has 0 aromatic heterocycles. The van der Waals surface area contributed by atoms with Crippen molar-refractivity contribution < 1.29 is 4.58 Å². The maximum Gasteiger partial charge on any atom is 0.209 e. The van der Waals surface area contributed by atoms with E-state index >= 15 is 0 Å². The van der Waals surface area contributed by atoms with Gasteiger partial charge < -0.3 is 4.90 Å². The third-order valence-electron chi connectivity index (χ3n) is 7.46. The molecule has 0 fully saturated rings. The Morgan fingerprint density at radius 2 is 1.56 bits per heavy atom. The molecule has 0 saturated heterocycles. The average Bonchev–Trinajstić information content (AvgIpc) is 3.18. The van der Waals surface area contributed by atoms with E-state index in [1.807, 2.05) is 0 Å². The summed E-state index contributed by atoms with van der Waals surface area (Å²) in [5.41, 5.74) is 9.46. The average molecular weight is 452 g/mol. The summed E-state index contributed by atoms with van der Waals surface area (Å²) >= 11 is 0. The number of allylic oxidation sites excluding steroid dienone is 8. The number of anilines is 1. The lowest BCUT2D eigenvalue weighted by molar-refractivity contribution is -0.433. The van der Waals surface area contributed by atoms with Crippen LogP contribution >= 0.6 is 0 Å². The molecule has 4 rings (SSSR count). The minimum absolute atomic E-state index is 0.0117. The van der Waals surface area contributed by atoms with Crippen molar-refractivity contribution in [1.29, 1.82) is 0 Å². The summed E-state index contributed by atoms with van der Waals surface area (Å²) in [7, 11) is 0. The predicted molar refractivity (Wildman–Crippen MR) is 148 cm³/mol. The van der Waals surface area contributed by atoms with Crippen molar-refractivity contribution >= 4 is 17.1 Å². The molecule has 0 saturated carbocycles. The Bertz CT molecular complexity index is 1230. The number of hydrogen-bond donors (Lipinski definition) is 0. The van der Waals surface area contributed by atoms with Crippen LogP contribution in [0.15, 0.2) is 96.3 Å². The van der Waals surface area contributed by atoms with E-state index in [0.29, 0.717) is 0 Å². The summed E-state index contributed by atoms with van der Waals surface area (Å²) in [6.07, 6.45) is 13.4. The number of likely N-dealkylation sites (N-methyl/N-ethyl adjacent to an activating group) is 1. The number of nitrogens with zero attached hydrogens (tertiary/aromatic N) is 2. The van der Waals surface area contributed by atoms with Crippen LogP contribution in [-0.2, 0) is 10.8 Å². The second kappa shape index (κ2) is 9.25. The van der Waals surface area contributed by atoms with Gasteiger partial charge in [0.1, 0.15) is 6.54 Å². The van der Waals surface area contributed by atoms with Crippen molar-refractivity contribution in [2.45, 2.75) is 59.3 Å². The summed E-state index contributed by atoms with van der Waals surface area (Å²) in [6, 6.07) is 17.6. The quantitative estimate of drug-likeness (QED) is 0.320. The van der Waals surface area contributed by atoms with Crippen LogP contribution in [0.1, 0.15) is 59.6 Å². The molecule has 2 heteroatoms. The van der Waals surface area contributed by atoms with E-state index in [9.17, 15) is 0 Å². The van der Waals surface area contributed by atoms with E-state index in [-0.39, 0.29) is 10.8 Å². The highest BCUT2D eigenvalue weighted by atomic mass is 15.2. The van der Waals surface area contributed by atoms with Gasteiger partial charge in [0.05, 0.1) is 5.41 Å². The van der Waals surface area contributed by atoms with Crippen LogP contribution in [0.3, 0.4) is 0 Å². The SMILES string of the molecule is CCN1C(=CC=CC(C)=CC=CC2=[N+](CC)c3ccccc3C2(C)C)C(C)(C)c2ccccc21. The number of benzene rings is 2. The van der Waals surface area contributed by atoms with Gasteiger partial charge in [-0.15, -0.1) is 0 Å². The zero-order valence-electron chi connectivity index (χ0n) is 21.9. The molecule has 0 unspecified atom stereocenters. The molecule has 0 atom stereocenters. The first-order valence-electron chi connectivity index (χ1n) is 12.6. The molecule has 0 amide bonds. The molecular weight excluding hydrogens is 412 g/mol. The van der Waals surface area contributed by atoms with Crippen LogP contribution in [0.5, 0.6) is 0 Å². The van der Waals surface area contributed by atoms with Crippen molar-refractivity contribution in [3.63, 3.8) is 0 Å². The Labute approximate surface area is 206 Å². The molecule has 0 bridgehead atoms. The van der Waals surface area contributed by atoms with Gasteiger partial charge in [0.25, 0.3) is 0 Å². The zero-order valence-corrected chi connectivity index (χ0v) is 21.9. The Hall–Kier alpha value is -3.13. The molecule has 34 heavy (non-hydrogen) atoms. The first kappa shape index (κ1) is 24.0. The van der Waals surface area contributed by atoms with Gasteiger partial charge in [-0.3, -0.25) is 0 Å². The largest absolute Gasteiger partial charge is 0.344 e. The predicted octanol–water partition coefficient (Wildman–Crippen LogP) is 7.84. The minimum Gasteiger partial charge on any atom is -0.344 e. The second-order valence-corrected chi connectivity index (χ2v) is 10.3. The molecule has 2 aliphatic heterocycles. The normalized spacial score (nSPS) is 20.1. The van der Waals surface area contributed by atoms with Crippen LogP contribution in [0, 0.1) is 0 Å². The number of rotatable bonds is 6. The molecule has 2 aliphatic rings. The Morgan fingerprint density at radius 1 is 0.882 bits per heavy atom. The molecule has 0 radical (unpaired) electrons. The number of hydrogen-bond acceptors (Lipinski definition) is 1. The van der Waals surface area contributed by atoms with Crippen molar-refractivity contribution in [3.8, 4) is 0 Å². The molecule has 2 heterocycles. The summed E-state index contributed by atoms with van der Waals surface area (Å²) in [4.78, 5) is 2.44. The maximum absolute atomic E-state index is 2.44. The maximum atomic E-state index is 2.44. The van der Waals surface area contributed by atoms with E-state index in [1.54, 1.807) is 0 Å². The second-order valence-electron chi connectivity index (χ2n) is 10.3. The first-order chi connectivity index (χ1) is 16.2. The molecule has 0 N–H and O–H groups in total. The molecular formula is C32H39N2+. The van der Waals surface area contributed by atoms with Gasteiger partial charge in [0.15, 0.2) is 5.71 Å². The fourth-order valence-corrected chi connectivity index (χ4v) is 5.60. The molecule has 176 valence electrons. The molecule has 0 spiro atoms. The fourth-order valence-electron chi connectivity index (χ4n) is 5.60. The lowest BCUT2D eigenvalue weighted by Crippen LogP contribution is -2.27. The molecule has 2 nitrogen and oxygen atoms in total. The van der Waals surface area contributed by atoms with E-state index in [1.165, 1.54) is 39.5 Å². The van der Waals surface area contributed by atoms with Crippen LogP contribution < -0.4 is 4.90 Å². The molecule has 0 aliphatic carbocycles. The monoisotopic (exact) mass is 451 g/mol. The zero-order chi connectivity index (χ0) is 24.5. The number of para-hydroxylation sites is 2. The number of fused-ring (bicyclic) bond motifs is 2. The van der Waals surface area contributed by atoms with Crippen molar-refractivity contribution in [2.75, 3.05) is 18.0 Å². The summed E-state index contributed by atoms with van der Waals surface area (Å²) < 4.78 is 2.44. The van der Waals surface area contributed by atoms with Crippen LogP contribution in [-0.4, -0.2) is 23.4 Å². The van der Waals surface area contributed by atoms with Gasteiger partial charge in [0, 0.05) is 41.1 Å². The van der Waals surface area contributed by atoms with E-state index in [2.05, 4.69) is 143 Å². The van der Waals surface area contributed by atoms with Gasteiger partial charge >= 0.3 is 0 Å². The van der Waals surface area contributed by atoms with E-state index < -0.39 is 0 Å². The lowest BCUT2D eigenvalue weighted by atomic mass is 9.81. The highest BCUT2D eigenvalue weighted by Crippen LogP contribution is 2.47. The van der Waals surface area contributed by atoms with Gasteiger partial charge in [-0.05, 0) is 52.3 Å². The Kier molecular flexibility index (Phi) is 6.53. The van der Waals surface area contributed by atoms with Crippen molar-refractivity contribution in [2.24, 2.45) is 0 Å². The van der Waals surface area contributed by atoms with E-state index in [0.717, 1.165) is 13.1 Å². The van der Waals surface area contributed by atoms with E-state index in [4.69, 9.17) is 0 Å². The summed E-state index contributed by atoms with van der Waals surface area (Å²) in [5.74, 6) is 0. The molecule has 2 aromatic carbocycles. The highest BCUT2D eigenvalue weighted by molar-refractivity contribution is 6.03. The summed E-state index contributed by atoms with van der Waals surface area (Å²) in [5, 5.41) is 0. The van der Waals surface area contributed by atoms with Gasteiger partial charge in [0.2, 0.25) is 5.69 Å². The van der Waals surface area contributed by atoms with Crippen LogP contribution in [0.25, 0.3) is 0 Å². The van der Waals surface area contributed by atoms with Gasteiger partial charge in [-0.25, -0.2) is 0 Å².